The van der Waals surface area contributed by atoms with Crippen molar-refractivity contribution in [3.63, 3.8) is 0 Å². The minimum absolute atomic E-state index is 0.316. The lowest BCUT2D eigenvalue weighted by atomic mass is 9.90. The van der Waals surface area contributed by atoms with Crippen molar-refractivity contribution in [3.8, 4) is 0 Å². The molecule has 1 atom stereocenters. The van der Waals surface area contributed by atoms with E-state index in [1.165, 1.54) is 28.8 Å². The number of rotatable bonds is 8. The van der Waals surface area contributed by atoms with Crippen LogP contribution in [0.1, 0.15) is 59.8 Å². The molecule has 2 aromatic heterocycles. The molecule has 150 valence electrons. The number of nitrogens with two attached hydrogens (primary N) is 1. The van der Waals surface area contributed by atoms with E-state index in [1.807, 2.05) is 18.5 Å². The Bertz CT molecular complexity index is 807. The summed E-state index contributed by atoms with van der Waals surface area (Å²) in [5.74, 6) is 0. The molecule has 0 saturated heterocycles. The van der Waals surface area contributed by atoms with Gasteiger partial charge in [0.25, 0.3) is 0 Å². The van der Waals surface area contributed by atoms with Crippen LogP contribution in [0.3, 0.4) is 0 Å². The number of unbranched alkanes of at least 4 members (excludes halogenated alkanes) is 1. The maximum Gasteiger partial charge on any atom is 0.312 e. The first-order valence-corrected chi connectivity index (χ1v) is 10.2. The van der Waals surface area contributed by atoms with Crippen molar-refractivity contribution in [2.75, 3.05) is 13.1 Å². The number of primary amides is 1. The monoisotopic (exact) mass is 381 g/mol. The van der Waals surface area contributed by atoms with E-state index in [4.69, 9.17) is 15.7 Å². The summed E-state index contributed by atoms with van der Waals surface area (Å²) in [5.41, 5.74) is 11.3. The summed E-state index contributed by atoms with van der Waals surface area (Å²) >= 11 is 0. The Hall–Kier alpha value is -2.47. The highest BCUT2D eigenvalue weighted by atomic mass is 16.2. The second kappa shape index (κ2) is 9.64. The molecule has 3 N–H and O–H groups in total. The lowest BCUT2D eigenvalue weighted by Gasteiger charge is -2.35. The van der Waals surface area contributed by atoms with E-state index in [1.54, 1.807) is 0 Å². The van der Waals surface area contributed by atoms with E-state index >= 15 is 0 Å². The molecule has 2 amide bonds. The first kappa shape index (κ1) is 20.3. The molecule has 1 unspecified atom stereocenters. The number of hydrogen-bond acceptors (Lipinski definition) is 4. The van der Waals surface area contributed by atoms with Crippen LogP contribution >= 0.6 is 0 Å². The van der Waals surface area contributed by atoms with Gasteiger partial charge in [0.2, 0.25) is 0 Å². The van der Waals surface area contributed by atoms with Crippen LogP contribution in [0.5, 0.6) is 0 Å². The smallest absolute Gasteiger partial charge is 0.312 e. The molecule has 6 heteroatoms. The van der Waals surface area contributed by atoms with Crippen molar-refractivity contribution in [1.82, 2.24) is 20.2 Å². The third-order valence-electron chi connectivity index (χ3n) is 5.45. The number of aryl methyl sites for hydroxylation is 3. The van der Waals surface area contributed by atoms with Crippen molar-refractivity contribution >= 4 is 6.03 Å². The molecule has 0 aliphatic heterocycles. The summed E-state index contributed by atoms with van der Waals surface area (Å²) in [5, 5.41) is 2.68. The summed E-state index contributed by atoms with van der Waals surface area (Å²) in [4.78, 5) is 22.8. The van der Waals surface area contributed by atoms with Crippen molar-refractivity contribution in [2.24, 2.45) is 5.73 Å². The van der Waals surface area contributed by atoms with E-state index in [9.17, 15) is 4.79 Å². The number of nitrogens with zero attached hydrogens (tertiary/aromatic N) is 3. The molecule has 28 heavy (non-hydrogen) atoms. The van der Waals surface area contributed by atoms with Crippen molar-refractivity contribution in [3.05, 3.63) is 58.7 Å². The van der Waals surface area contributed by atoms with Gasteiger partial charge in [0.05, 0.1) is 17.4 Å². The molecule has 3 rings (SSSR count). The second-order valence-corrected chi connectivity index (χ2v) is 7.70. The Morgan fingerprint density at radius 2 is 2.18 bits per heavy atom. The molecule has 2 aromatic rings. The quantitative estimate of drug-likeness (QED) is 0.686. The molecular weight excluding hydrogens is 350 g/mol. The lowest BCUT2D eigenvalue weighted by molar-refractivity contribution is 0.160. The zero-order valence-electron chi connectivity index (χ0n) is 16.9. The van der Waals surface area contributed by atoms with Crippen LogP contribution in [0.2, 0.25) is 0 Å². The number of fused-ring (bicyclic) bond motifs is 1. The number of amides is 2. The number of carbonyl (C=O) groups is 1. The number of aromatic nitrogens is 2. The summed E-state index contributed by atoms with van der Waals surface area (Å²) in [6.07, 6.45) is 9.16. The average molecular weight is 382 g/mol. The minimum atomic E-state index is -0.457. The van der Waals surface area contributed by atoms with Gasteiger partial charge in [-0.2, -0.15) is 0 Å². The van der Waals surface area contributed by atoms with Crippen LogP contribution in [0.25, 0.3) is 0 Å². The largest absolute Gasteiger partial charge is 0.352 e. The topological polar surface area (TPSA) is 84.1 Å². The first-order valence-electron chi connectivity index (χ1n) is 10.2. The summed E-state index contributed by atoms with van der Waals surface area (Å²) < 4.78 is 0. The van der Waals surface area contributed by atoms with E-state index in [0.29, 0.717) is 12.6 Å². The van der Waals surface area contributed by atoms with Crippen LogP contribution < -0.4 is 11.1 Å². The summed E-state index contributed by atoms with van der Waals surface area (Å²) in [6.45, 7) is 6.59. The number of nitrogens with one attached hydrogen (secondary N) is 1. The van der Waals surface area contributed by atoms with Gasteiger partial charge in [-0.05, 0) is 75.3 Å². The Balaban J connectivity index is 1.75. The lowest BCUT2D eigenvalue weighted by Crippen LogP contribution is -2.34. The number of urea groups is 1. The molecule has 0 saturated carbocycles. The molecule has 1 aliphatic carbocycles. The van der Waals surface area contributed by atoms with Gasteiger partial charge in [0.1, 0.15) is 0 Å². The highest BCUT2D eigenvalue weighted by Crippen LogP contribution is 2.34. The maximum absolute atomic E-state index is 10.9. The minimum Gasteiger partial charge on any atom is -0.352 e. The maximum atomic E-state index is 10.9. The molecule has 0 radical (unpaired) electrons. The molecule has 0 spiro atoms. The van der Waals surface area contributed by atoms with Crippen LogP contribution in [0.15, 0.2) is 30.6 Å². The first-order chi connectivity index (χ1) is 13.5. The third-order valence-corrected chi connectivity index (χ3v) is 5.45. The zero-order chi connectivity index (χ0) is 19.9. The SMILES string of the molecule is Cc1cnc(CN(CCCCNC(N)=O)C2CCCc3cccnc32)c(C)c1. The van der Waals surface area contributed by atoms with E-state index < -0.39 is 6.03 Å². The Morgan fingerprint density at radius 1 is 1.32 bits per heavy atom. The Labute approximate surface area is 167 Å². The fourth-order valence-corrected chi connectivity index (χ4v) is 4.04. The Kier molecular flexibility index (Phi) is 6.98. The summed E-state index contributed by atoms with van der Waals surface area (Å²) in [6, 6.07) is 6.30. The van der Waals surface area contributed by atoms with Gasteiger partial charge in [-0.3, -0.25) is 14.9 Å². The van der Waals surface area contributed by atoms with Crippen LogP contribution in [-0.2, 0) is 13.0 Å². The molecule has 0 bridgehead atoms. The average Bonchev–Trinajstić information content (AvgIpc) is 2.68. The highest BCUT2D eigenvalue weighted by Gasteiger charge is 2.27. The third kappa shape index (κ3) is 5.29. The molecular formula is C22H31N5O. The predicted octanol–water partition coefficient (Wildman–Crippen LogP) is 3.42. The normalized spacial score (nSPS) is 16.0. The van der Waals surface area contributed by atoms with Gasteiger partial charge in [-0.1, -0.05) is 12.1 Å². The molecule has 6 nitrogen and oxygen atoms in total. The van der Waals surface area contributed by atoms with Gasteiger partial charge >= 0.3 is 6.03 Å². The van der Waals surface area contributed by atoms with Crippen LogP contribution in [-0.4, -0.2) is 34.0 Å². The molecule has 2 heterocycles. The van der Waals surface area contributed by atoms with Gasteiger partial charge in [0.15, 0.2) is 0 Å². The zero-order valence-corrected chi connectivity index (χ0v) is 16.9. The Morgan fingerprint density at radius 3 is 2.96 bits per heavy atom. The van der Waals surface area contributed by atoms with Crippen molar-refractivity contribution in [1.29, 1.82) is 0 Å². The fraction of sp³-hybridized carbons (Fsp3) is 0.500. The fourth-order valence-electron chi connectivity index (χ4n) is 4.04. The molecule has 1 aliphatic rings. The molecule has 0 fully saturated rings. The standard InChI is InChI=1S/C22H31N5O/c1-16-13-17(2)19(26-14-16)15-27(12-4-3-10-25-22(23)28)20-9-5-7-18-8-6-11-24-21(18)20/h6,8,11,13-14,20H,3-5,7,9-10,12,15H2,1-2H3,(H3,23,25,28). The van der Waals surface area contributed by atoms with Gasteiger partial charge in [-0.15, -0.1) is 0 Å². The number of carbonyl (C=O) groups excluding carboxylic acids is 1. The highest BCUT2D eigenvalue weighted by molar-refractivity contribution is 5.71. The molecule has 0 aromatic carbocycles. The van der Waals surface area contributed by atoms with Gasteiger partial charge in [-0.25, -0.2) is 4.79 Å². The predicted molar refractivity (Wildman–Crippen MR) is 111 cm³/mol. The number of hydrogen-bond donors (Lipinski definition) is 2. The van der Waals surface area contributed by atoms with E-state index in [0.717, 1.165) is 44.5 Å². The van der Waals surface area contributed by atoms with Crippen LogP contribution in [0.4, 0.5) is 4.79 Å². The van der Waals surface area contributed by atoms with E-state index in [2.05, 4.69) is 36.2 Å². The van der Waals surface area contributed by atoms with Crippen molar-refractivity contribution < 1.29 is 4.79 Å². The summed E-state index contributed by atoms with van der Waals surface area (Å²) in [7, 11) is 0. The van der Waals surface area contributed by atoms with Crippen molar-refractivity contribution in [2.45, 2.75) is 58.5 Å². The van der Waals surface area contributed by atoms with E-state index in [-0.39, 0.29) is 0 Å². The van der Waals surface area contributed by atoms with Crippen LogP contribution in [0, 0.1) is 13.8 Å². The van der Waals surface area contributed by atoms with Gasteiger partial charge < -0.3 is 11.1 Å². The second-order valence-electron chi connectivity index (χ2n) is 7.70. The van der Waals surface area contributed by atoms with Gasteiger partial charge in [0, 0.05) is 25.5 Å². The number of pyridine rings is 2.